The maximum atomic E-state index is 5.07. The van der Waals surface area contributed by atoms with Crippen LogP contribution >= 0.6 is 0 Å². The molecule has 0 N–H and O–H groups in total. The summed E-state index contributed by atoms with van der Waals surface area (Å²) in [7, 11) is -1.30. The largest absolute Gasteiger partial charge is 0.451 e. The Kier molecular flexibility index (Phi) is 3.73. The van der Waals surface area contributed by atoms with Gasteiger partial charge in [0.1, 0.15) is 18.3 Å². The lowest BCUT2D eigenvalue weighted by atomic mass is 10.0. The van der Waals surface area contributed by atoms with Crippen LogP contribution in [-0.4, -0.2) is 23.0 Å². The molecule has 0 amide bonds. The van der Waals surface area contributed by atoms with Gasteiger partial charge in [0.2, 0.25) is 0 Å². The van der Waals surface area contributed by atoms with E-state index in [9.17, 15) is 0 Å². The Morgan fingerprint density at radius 2 is 1.60 bits per heavy atom. The third kappa shape index (κ3) is 2.98. The minimum Gasteiger partial charge on any atom is -0.451 e. The molecule has 0 atom stereocenters. The van der Waals surface area contributed by atoms with Crippen LogP contribution in [0.1, 0.15) is 0 Å². The number of aromatic nitrogens is 3. The van der Waals surface area contributed by atoms with E-state index in [1.165, 1.54) is 11.6 Å². The second-order valence-electron chi connectivity index (χ2n) is 7.16. The van der Waals surface area contributed by atoms with Gasteiger partial charge in [-0.05, 0) is 12.1 Å². The maximum absolute atomic E-state index is 5.07. The molecule has 2 heterocycles. The first kappa shape index (κ1) is 15.7. The first-order chi connectivity index (χ1) is 12.0. The van der Waals surface area contributed by atoms with E-state index in [1.54, 1.807) is 12.6 Å². The lowest BCUT2D eigenvalue weighted by Gasteiger charge is -2.16. The van der Waals surface area contributed by atoms with Crippen molar-refractivity contribution in [3.05, 3.63) is 61.4 Å². The van der Waals surface area contributed by atoms with Gasteiger partial charge in [0.15, 0.2) is 6.39 Å². The van der Waals surface area contributed by atoms with Gasteiger partial charge in [-0.3, -0.25) is 0 Å². The molecule has 0 radical (unpaired) electrons. The first-order valence-corrected chi connectivity index (χ1v) is 11.8. The normalized spacial score (nSPS) is 11.8. The Balaban J connectivity index is 1.80. The van der Waals surface area contributed by atoms with E-state index in [-0.39, 0.29) is 0 Å². The second kappa shape index (κ2) is 5.93. The SMILES string of the molecule is C[Si](C)(C)c1ccc(-c2ncnc3cc(-c4cocn4)ccc23)cc1. The first-order valence-electron chi connectivity index (χ1n) is 8.26. The number of fused-ring (bicyclic) bond motifs is 1. The Morgan fingerprint density at radius 1 is 0.840 bits per heavy atom. The predicted molar refractivity (Wildman–Crippen MR) is 103 cm³/mol. The minimum atomic E-state index is -1.30. The average molecular weight is 345 g/mol. The van der Waals surface area contributed by atoms with E-state index in [4.69, 9.17) is 4.42 Å². The standard InChI is InChI=1S/C20H19N3OSi/c1-25(2,3)16-7-4-14(5-8-16)20-17-9-6-15(19-11-24-13-23-19)10-18(17)21-12-22-20/h4-13H,1-3H3. The van der Waals surface area contributed by atoms with Gasteiger partial charge in [-0.15, -0.1) is 0 Å². The molecular weight excluding hydrogens is 326 g/mol. The third-order valence-corrected chi connectivity index (χ3v) is 6.45. The highest BCUT2D eigenvalue weighted by Gasteiger charge is 2.16. The molecule has 4 aromatic rings. The number of hydrogen-bond donors (Lipinski definition) is 0. The van der Waals surface area contributed by atoms with Gasteiger partial charge in [-0.2, -0.15) is 0 Å². The molecule has 0 aliphatic heterocycles. The van der Waals surface area contributed by atoms with Crippen molar-refractivity contribution in [2.45, 2.75) is 19.6 Å². The summed E-state index contributed by atoms with van der Waals surface area (Å²) in [4.78, 5) is 13.2. The van der Waals surface area contributed by atoms with E-state index in [0.717, 1.165) is 33.4 Å². The lowest BCUT2D eigenvalue weighted by Crippen LogP contribution is -2.37. The smallest absolute Gasteiger partial charge is 0.181 e. The molecule has 0 unspecified atom stereocenters. The lowest BCUT2D eigenvalue weighted by molar-refractivity contribution is 0.558. The molecule has 0 aliphatic carbocycles. The van der Waals surface area contributed by atoms with Gasteiger partial charge in [-0.25, -0.2) is 15.0 Å². The molecule has 25 heavy (non-hydrogen) atoms. The van der Waals surface area contributed by atoms with Crippen LogP contribution in [0.15, 0.2) is 65.9 Å². The van der Waals surface area contributed by atoms with Crippen LogP contribution in [0.2, 0.25) is 19.6 Å². The van der Waals surface area contributed by atoms with Crippen molar-refractivity contribution < 1.29 is 4.42 Å². The summed E-state index contributed by atoms with van der Waals surface area (Å²) in [6, 6.07) is 14.9. The molecule has 0 aliphatic rings. The van der Waals surface area contributed by atoms with Crippen LogP contribution in [0.4, 0.5) is 0 Å². The van der Waals surface area contributed by atoms with Crippen LogP contribution in [0.25, 0.3) is 33.4 Å². The van der Waals surface area contributed by atoms with E-state index >= 15 is 0 Å². The van der Waals surface area contributed by atoms with Crippen molar-refractivity contribution in [2.24, 2.45) is 0 Å². The van der Waals surface area contributed by atoms with E-state index in [0.29, 0.717) is 0 Å². The Hall–Kier alpha value is -2.79. The van der Waals surface area contributed by atoms with Gasteiger partial charge >= 0.3 is 0 Å². The summed E-state index contributed by atoms with van der Waals surface area (Å²) in [5, 5.41) is 2.48. The highest BCUT2D eigenvalue weighted by Crippen LogP contribution is 2.28. The zero-order valence-corrected chi connectivity index (χ0v) is 15.5. The maximum Gasteiger partial charge on any atom is 0.181 e. The molecule has 5 heteroatoms. The molecule has 0 saturated heterocycles. The molecule has 2 aromatic heterocycles. The predicted octanol–water partition coefficient (Wildman–Crippen LogP) is 4.50. The van der Waals surface area contributed by atoms with Crippen LogP contribution in [0, 0.1) is 0 Å². The number of rotatable bonds is 3. The summed E-state index contributed by atoms with van der Waals surface area (Å²) in [6.07, 6.45) is 4.69. The molecule has 0 saturated carbocycles. The van der Waals surface area contributed by atoms with Gasteiger partial charge in [0.05, 0.1) is 19.3 Å². The monoisotopic (exact) mass is 345 g/mol. The Bertz CT molecular complexity index is 1020. The fourth-order valence-corrected chi connectivity index (χ4v) is 4.10. The van der Waals surface area contributed by atoms with Crippen molar-refractivity contribution in [3.8, 4) is 22.5 Å². The number of nitrogens with zero attached hydrogens (tertiary/aromatic N) is 3. The minimum absolute atomic E-state index is 0.807. The fourth-order valence-electron chi connectivity index (χ4n) is 2.93. The van der Waals surface area contributed by atoms with Crippen molar-refractivity contribution >= 4 is 24.2 Å². The van der Waals surface area contributed by atoms with E-state index in [1.807, 2.05) is 12.1 Å². The summed E-state index contributed by atoms with van der Waals surface area (Å²) in [5.41, 5.74) is 4.77. The quantitative estimate of drug-likeness (QED) is 0.513. The van der Waals surface area contributed by atoms with E-state index < -0.39 is 8.07 Å². The molecule has 4 rings (SSSR count). The summed E-state index contributed by atoms with van der Waals surface area (Å²) in [6.45, 7) is 7.06. The van der Waals surface area contributed by atoms with Crippen molar-refractivity contribution in [2.75, 3.05) is 0 Å². The number of oxazole rings is 1. The number of benzene rings is 2. The number of hydrogen-bond acceptors (Lipinski definition) is 4. The average Bonchev–Trinajstić information content (AvgIpc) is 3.15. The van der Waals surface area contributed by atoms with Crippen molar-refractivity contribution in [1.82, 2.24) is 15.0 Å². The molecule has 0 spiro atoms. The zero-order chi connectivity index (χ0) is 17.4. The highest BCUT2D eigenvalue weighted by atomic mass is 28.3. The van der Waals surface area contributed by atoms with Crippen molar-refractivity contribution in [3.63, 3.8) is 0 Å². The van der Waals surface area contributed by atoms with Gasteiger partial charge in [-0.1, -0.05) is 55.2 Å². The topological polar surface area (TPSA) is 51.8 Å². The molecule has 0 fully saturated rings. The summed E-state index contributed by atoms with van der Waals surface area (Å²) >= 11 is 0. The second-order valence-corrected chi connectivity index (χ2v) is 12.2. The molecular formula is C20H19N3OSi. The van der Waals surface area contributed by atoms with Gasteiger partial charge < -0.3 is 4.42 Å². The van der Waals surface area contributed by atoms with Crippen LogP contribution < -0.4 is 5.19 Å². The zero-order valence-electron chi connectivity index (χ0n) is 14.5. The Morgan fingerprint density at radius 3 is 2.28 bits per heavy atom. The van der Waals surface area contributed by atoms with Crippen LogP contribution in [0.5, 0.6) is 0 Å². The van der Waals surface area contributed by atoms with Crippen LogP contribution in [0.3, 0.4) is 0 Å². The molecule has 4 nitrogen and oxygen atoms in total. The van der Waals surface area contributed by atoms with Crippen LogP contribution in [-0.2, 0) is 0 Å². The third-order valence-electron chi connectivity index (χ3n) is 4.39. The highest BCUT2D eigenvalue weighted by molar-refractivity contribution is 6.88. The molecule has 2 aromatic carbocycles. The Labute approximate surface area is 147 Å². The fraction of sp³-hybridized carbons (Fsp3) is 0.150. The summed E-state index contributed by atoms with van der Waals surface area (Å²) in [5.74, 6) is 0. The van der Waals surface area contributed by atoms with Gasteiger partial charge in [0.25, 0.3) is 0 Å². The van der Waals surface area contributed by atoms with Gasteiger partial charge in [0, 0.05) is 16.5 Å². The summed E-state index contributed by atoms with van der Waals surface area (Å²) < 4.78 is 5.07. The molecule has 124 valence electrons. The van der Waals surface area contributed by atoms with Crippen molar-refractivity contribution in [1.29, 1.82) is 0 Å². The molecule has 0 bridgehead atoms. The van der Waals surface area contributed by atoms with E-state index in [2.05, 4.69) is 64.9 Å².